The summed E-state index contributed by atoms with van der Waals surface area (Å²) in [6.45, 7) is 11.2. The van der Waals surface area contributed by atoms with Crippen LogP contribution in [0.2, 0.25) is 6.04 Å². The Hall–Kier alpha value is -0.183. The molecule has 11 heteroatoms. The summed E-state index contributed by atoms with van der Waals surface area (Å²) in [4.78, 5) is 6.74. The number of aliphatic hydroxyl groups excluding tert-OH is 3. The second kappa shape index (κ2) is 16.4. The standard InChI is InChI=1S/C21H47N3O7Si/c1-19(25)15-22-7-8-23(16-20(2)26)10-12-24(11-9-22)17-21(27)18-31-13-6-14-32(28-3,29-4)30-5/h19-21,25-27H,6-18H2,1-5H3. The highest BCUT2D eigenvalue weighted by atomic mass is 28.4. The molecule has 3 unspecified atom stereocenters. The van der Waals surface area contributed by atoms with Crippen molar-refractivity contribution >= 4 is 8.80 Å². The SMILES string of the molecule is CO[Si](CCCOCC(O)CN1CCN(CC(C)O)CCN(CC(C)O)CC1)(OC)OC. The Morgan fingerprint density at radius 1 is 0.719 bits per heavy atom. The number of rotatable bonds is 15. The van der Waals surface area contributed by atoms with Gasteiger partial charge in [-0.15, -0.1) is 0 Å². The fourth-order valence-electron chi connectivity index (χ4n) is 4.00. The maximum Gasteiger partial charge on any atom is 0.500 e. The van der Waals surface area contributed by atoms with E-state index in [-0.39, 0.29) is 18.8 Å². The molecular weight excluding hydrogens is 434 g/mol. The van der Waals surface area contributed by atoms with E-state index in [0.717, 1.165) is 45.7 Å². The highest BCUT2D eigenvalue weighted by Crippen LogP contribution is 2.15. The van der Waals surface area contributed by atoms with Crippen molar-refractivity contribution in [2.24, 2.45) is 0 Å². The van der Waals surface area contributed by atoms with Crippen LogP contribution in [0, 0.1) is 0 Å². The van der Waals surface area contributed by atoms with E-state index in [1.165, 1.54) is 0 Å². The summed E-state index contributed by atoms with van der Waals surface area (Å²) < 4.78 is 21.9. The third-order valence-electron chi connectivity index (χ3n) is 5.73. The molecule has 0 aliphatic carbocycles. The Morgan fingerprint density at radius 2 is 1.12 bits per heavy atom. The van der Waals surface area contributed by atoms with Crippen LogP contribution in [0.4, 0.5) is 0 Å². The number of β-amino-alcohol motifs (C(OH)–C–C–N with tert-alkyl or cyclic N) is 3. The van der Waals surface area contributed by atoms with Crippen molar-refractivity contribution in [2.45, 2.75) is 44.6 Å². The average Bonchev–Trinajstić information content (AvgIpc) is 2.83. The minimum atomic E-state index is -2.58. The summed E-state index contributed by atoms with van der Waals surface area (Å²) in [5.41, 5.74) is 0. The summed E-state index contributed by atoms with van der Waals surface area (Å²) in [6, 6.07) is 0.664. The molecular formula is C21H47N3O7Si. The molecule has 1 aliphatic heterocycles. The van der Waals surface area contributed by atoms with Gasteiger partial charge in [0.05, 0.1) is 24.9 Å². The van der Waals surface area contributed by atoms with Gasteiger partial charge in [-0.25, -0.2) is 0 Å². The zero-order chi connectivity index (χ0) is 24.0. The van der Waals surface area contributed by atoms with Gasteiger partial charge in [0.15, 0.2) is 0 Å². The van der Waals surface area contributed by atoms with E-state index >= 15 is 0 Å². The van der Waals surface area contributed by atoms with E-state index in [1.807, 2.05) is 0 Å². The lowest BCUT2D eigenvalue weighted by atomic mass is 10.3. The van der Waals surface area contributed by atoms with Gasteiger partial charge < -0.3 is 33.3 Å². The number of aliphatic hydroxyl groups is 3. The molecule has 192 valence electrons. The maximum absolute atomic E-state index is 10.5. The van der Waals surface area contributed by atoms with Crippen LogP contribution in [0.5, 0.6) is 0 Å². The first kappa shape index (κ1) is 29.8. The zero-order valence-corrected chi connectivity index (χ0v) is 21.7. The predicted molar refractivity (Wildman–Crippen MR) is 126 cm³/mol. The Bertz CT molecular complexity index is 442. The Balaban J connectivity index is 2.47. The van der Waals surface area contributed by atoms with Gasteiger partial charge in [-0.05, 0) is 20.3 Å². The Kier molecular flexibility index (Phi) is 15.3. The molecule has 3 atom stereocenters. The van der Waals surface area contributed by atoms with E-state index in [0.29, 0.717) is 32.3 Å². The quantitative estimate of drug-likeness (QED) is 0.206. The van der Waals surface area contributed by atoms with Gasteiger partial charge in [0.2, 0.25) is 0 Å². The van der Waals surface area contributed by atoms with Crippen LogP contribution in [0.3, 0.4) is 0 Å². The van der Waals surface area contributed by atoms with Crippen molar-refractivity contribution in [1.29, 1.82) is 0 Å². The molecule has 1 rings (SSSR count). The fourth-order valence-corrected chi connectivity index (χ4v) is 5.69. The molecule has 0 aromatic rings. The molecule has 0 bridgehead atoms. The van der Waals surface area contributed by atoms with E-state index < -0.39 is 14.9 Å². The van der Waals surface area contributed by atoms with Gasteiger partial charge >= 0.3 is 8.80 Å². The van der Waals surface area contributed by atoms with Gasteiger partial charge in [0.25, 0.3) is 0 Å². The summed E-state index contributed by atoms with van der Waals surface area (Å²) >= 11 is 0. The van der Waals surface area contributed by atoms with Crippen LogP contribution in [-0.2, 0) is 18.0 Å². The maximum atomic E-state index is 10.5. The van der Waals surface area contributed by atoms with Gasteiger partial charge in [0.1, 0.15) is 0 Å². The lowest BCUT2D eigenvalue weighted by Gasteiger charge is -2.28. The largest absolute Gasteiger partial charge is 0.500 e. The van der Waals surface area contributed by atoms with Gasteiger partial charge in [-0.2, -0.15) is 0 Å². The summed E-state index contributed by atoms with van der Waals surface area (Å²) in [5.74, 6) is 0. The molecule has 0 spiro atoms. The van der Waals surface area contributed by atoms with Gasteiger partial charge in [0, 0.05) is 92.9 Å². The first-order chi connectivity index (χ1) is 15.2. The first-order valence-corrected chi connectivity index (χ1v) is 13.6. The second-order valence-corrected chi connectivity index (χ2v) is 11.8. The molecule has 0 radical (unpaired) electrons. The molecule has 32 heavy (non-hydrogen) atoms. The van der Waals surface area contributed by atoms with E-state index in [4.69, 9.17) is 18.0 Å². The van der Waals surface area contributed by atoms with Crippen molar-refractivity contribution in [2.75, 3.05) is 93.4 Å². The third-order valence-corrected chi connectivity index (χ3v) is 8.56. The molecule has 1 saturated heterocycles. The first-order valence-electron chi connectivity index (χ1n) is 11.7. The van der Waals surface area contributed by atoms with Crippen molar-refractivity contribution in [3.05, 3.63) is 0 Å². The molecule has 1 heterocycles. The van der Waals surface area contributed by atoms with Crippen molar-refractivity contribution in [1.82, 2.24) is 14.7 Å². The third kappa shape index (κ3) is 12.3. The summed E-state index contributed by atoms with van der Waals surface area (Å²) in [5, 5.41) is 30.1. The molecule has 0 aromatic carbocycles. The van der Waals surface area contributed by atoms with E-state index in [1.54, 1.807) is 35.2 Å². The zero-order valence-electron chi connectivity index (χ0n) is 20.7. The van der Waals surface area contributed by atoms with Crippen LogP contribution in [-0.4, -0.2) is 151 Å². The normalized spacial score (nSPS) is 21.0. The fraction of sp³-hybridized carbons (Fsp3) is 1.00. The van der Waals surface area contributed by atoms with Crippen LogP contribution >= 0.6 is 0 Å². The van der Waals surface area contributed by atoms with Crippen molar-refractivity contribution in [3.63, 3.8) is 0 Å². The minimum absolute atomic E-state index is 0.271. The second-order valence-electron chi connectivity index (χ2n) is 8.73. The highest BCUT2D eigenvalue weighted by Gasteiger charge is 2.36. The number of nitrogens with zero attached hydrogens (tertiary/aromatic N) is 3. The van der Waals surface area contributed by atoms with Crippen LogP contribution in [0.1, 0.15) is 20.3 Å². The smallest absolute Gasteiger partial charge is 0.392 e. The molecule has 1 aliphatic rings. The molecule has 0 amide bonds. The van der Waals surface area contributed by atoms with Crippen molar-refractivity contribution in [3.8, 4) is 0 Å². The molecule has 0 aromatic heterocycles. The molecule has 3 N–H and O–H groups in total. The monoisotopic (exact) mass is 481 g/mol. The van der Waals surface area contributed by atoms with Gasteiger partial charge in [-0.3, -0.25) is 14.7 Å². The number of hydrogen-bond acceptors (Lipinski definition) is 10. The Morgan fingerprint density at radius 3 is 1.50 bits per heavy atom. The van der Waals surface area contributed by atoms with Gasteiger partial charge in [-0.1, -0.05) is 0 Å². The van der Waals surface area contributed by atoms with E-state index in [9.17, 15) is 15.3 Å². The summed E-state index contributed by atoms with van der Waals surface area (Å²) in [7, 11) is 2.21. The van der Waals surface area contributed by atoms with E-state index in [2.05, 4.69) is 14.7 Å². The predicted octanol–water partition coefficient (Wildman–Crippen LogP) is -0.687. The molecule has 0 saturated carbocycles. The van der Waals surface area contributed by atoms with Crippen molar-refractivity contribution < 1.29 is 33.3 Å². The molecule has 1 fully saturated rings. The highest BCUT2D eigenvalue weighted by molar-refractivity contribution is 6.60. The van der Waals surface area contributed by atoms with Crippen LogP contribution < -0.4 is 0 Å². The average molecular weight is 482 g/mol. The number of ether oxygens (including phenoxy) is 1. The topological polar surface area (TPSA) is 107 Å². The number of hydrogen-bond donors (Lipinski definition) is 3. The summed E-state index contributed by atoms with van der Waals surface area (Å²) in [6.07, 6.45) is -0.615. The van der Waals surface area contributed by atoms with Crippen LogP contribution in [0.15, 0.2) is 0 Å². The lowest BCUT2D eigenvalue weighted by Crippen LogP contribution is -2.43. The lowest BCUT2D eigenvalue weighted by molar-refractivity contribution is 0.0132. The molecule has 10 nitrogen and oxygen atoms in total. The van der Waals surface area contributed by atoms with Crippen LogP contribution in [0.25, 0.3) is 0 Å². The Labute approximate surface area is 195 Å². The minimum Gasteiger partial charge on any atom is -0.392 e.